The van der Waals surface area contributed by atoms with Crippen molar-refractivity contribution in [3.63, 3.8) is 0 Å². The van der Waals surface area contributed by atoms with Gasteiger partial charge in [-0.3, -0.25) is 0 Å². The molecule has 0 aromatic carbocycles. The molecule has 0 bridgehead atoms. The molecular weight excluding hydrogens is 120 g/mol. The van der Waals surface area contributed by atoms with Crippen LogP contribution in [0.3, 0.4) is 0 Å². The van der Waals surface area contributed by atoms with E-state index in [1.54, 1.807) is 0 Å². The van der Waals surface area contributed by atoms with Crippen LogP contribution < -0.4 is 0 Å². The molecule has 1 radical (unpaired) electrons. The van der Waals surface area contributed by atoms with Crippen molar-refractivity contribution in [3.8, 4) is 0 Å². The highest BCUT2D eigenvalue weighted by Gasteiger charge is 2.06. The number of aromatic amines is 1. The van der Waals surface area contributed by atoms with Crippen LogP contribution in [0.2, 0.25) is 0 Å². The van der Waals surface area contributed by atoms with Crippen molar-refractivity contribution in [2.24, 2.45) is 0 Å². The summed E-state index contributed by atoms with van der Waals surface area (Å²) in [5, 5.41) is 22.8. The number of rotatable bonds is 2. The van der Waals surface area contributed by atoms with E-state index in [0.717, 1.165) is 0 Å². The largest absolute Gasteiger partial charge is 0.240 e. The topological polar surface area (TPSA) is 74.4 Å². The van der Waals surface area contributed by atoms with Crippen molar-refractivity contribution in [1.82, 2.24) is 20.6 Å². The first-order valence-electron chi connectivity index (χ1n) is 2.36. The Morgan fingerprint density at radius 1 is 1.78 bits per heavy atom. The van der Waals surface area contributed by atoms with Crippen molar-refractivity contribution >= 4 is 0 Å². The van der Waals surface area contributed by atoms with Gasteiger partial charge in [0.05, 0.1) is 0 Å². The smallest absolute Gasteiger partial charge is 0.185 e. The van der Waals surface area contributed by atoms with E-state index in [1.165, 1.54) is 6.08 Å². The first kappa shape index (κ1) is 5.90. The Morgan fingerprint density at radius 3 is 3.00 bits per heavy atom. The summed E-state index contributed by atoms with van der Waals surface area (Å²) in [6.07, 6.45) is 0.183. The summed E-state index contributed by atoms with van der Waals surface area (Å²) >= 11 is 0. The monoisotopic (exact) mass is 125 g/mol. The molecule has 0 aliphatic heterocycles. The van der Waals surface area contributed by atoms with Gasteiger partial charge in [-0.15, -0.1) is 5.10 Å². The van der Waals surface area contributed by atoms with E-state index < -0.39 is 6.10 Å². The lowest BCUT2D eigenvalue weighted by Gasteiger charge is -1.90. The van der Waals surface area contributed by atoms with Gasteiger partial charge in [0.25, 0.3) is 0 Å². The number of nitrogens with one attached hydrogen (secondary N) is 1. The van der Waals surface area contributed by atoms with Crippen LogP contribution in [0.4, 0.5) is 0 Å². The first-order chi connectivity index (χ1) is 4.34. The summed E-state index contributed by atoms with van der Waals surface area (Å²) in [4.78, 5) is 0. The highest BCUT2D eigenvalue weighted by molar-refractivity contribution is 4.93. The molecule has 0 saturated heterocycles. The fraction of sp³-hybridized carbons (Fsp3) is 0.250. The molecule has 9 heavy (non-hydrogen) atoms. The fourth-order valence-corrected chi connectivity index (χ4v) is 0.399. The average molecular weight is 125 g/mol. The lowest BCUT2D eigenvalue weighted by atomic mass is 10.3. The summed E-state index contributed by atoms with van der Waals surface area (Å²) in [6, 6.07) is 0. The number of H-pyrrole nitrogens is 1. The summed E-state index contributed by atoms with van der Waals surface area (Å²) in [5.74, 6) is 0.199. The molecule has 0 aliphatic rings. The molecule has 1 rings (SSSR count). The van der Waals surface area contributed by atoms with Crippen LogP contribution in [0, 0.1) is 0 Å². The number of hydrogen-bond acceptors (Lipinski definition) is 3. The lowest BCUT2D eigenvalue weighted by Crippen LogP contribution is -1.92. The predicted molar refractivity (Wildman–Crippen MR) is 27.8 cm³/mol. The van der Waals surface area contributed by atoms with E-state index >= 15 is 0 Å². The fourth-order valence-electron chi connectivity index (χ4n) is 0.399. The van der Waals surface area contributed by atoms with E-state index in [1.807, 2.05) is 0 Å². The van der Waals surface area contributed by atoms with Crippen LogP contribution in [0.5, 0.6) is 0 Å². The van der Waals surface area contributed by atoms with E-state index in [9.17, 15) is 5.11 Å². The molecule has 5 heteroatoms. The minimum absolute atomic E-state index is 0.199. The SMILES string of the molecule is C=CC([O])c1nnn[nH]1. The van der Waals surface area contributed by atoms with Gasteiger partial charge in [0.1, 0.15) is 0 Å². The molecule has 1 unspecified atom stereocenters. The average Bonchev–Trinajstić information content (AvgIpc) is 2.37. The van der Waals surface area contributed by atoms with Crippen LogP contribution in [0.25, 0.3) is 0 Å². The third-order valence-corrected chi connectivity index (χ3v) is 0.845. The Hall–Kier alpha value is -1.23. The maximum Gasteiger partial charge on any atom is 0.185 e. The molecule has 0 fully saturated rings. The Kier molecular flexibility index (Phi) is 1.55. The number of aromatic nitrogens is 4. The van der Waals surface area contributed by atoms with Crippen LogP contribution >= 0.6 is 0 Å². The Balaban J connectivity index is 2.76. The van der Waals surface area contributed by atoms with Gasteiger partial charge in [-0.25, -0.2) is 10.2 Å². The van der Waals surface area contributed by atoms with Crippen LogP contribution in [0.15, 0.2) is 12.7 Å². The number of nitrogens with zero attached hydrogens (tertiary/aromatic N) is 3. The molecule has 1 aromatic heterocycles. The highest BCUT2D eigenvalue weighted by atomic mass is 16.3. The second-order valence-corrected chi connectivity index (χ2v) is 1.44. The van der Waals surface area contributed by atoms with Gasteiger partial charge in [-0.05, 0) is 10.4 Å². The second kappa shape index (κ2) is 2.36. The molecule has 1 heterocycles. The predicted octanol–water partition coefficient (Wildman–Crippen LogP) is -0.143. The molecule has 0 amide bonds. The van der Waals surface area contributed by atoms with Crippen LogP contribution in [0.1, 0.15) is 11.9 Å². The van der Waals surface area contributed by atoms with Gasteiger partial charge in [0.2, 0.25) is 0 Å². The Bertz CT molecular complexity index is 182. The maximum atomic E-state index is 10.7. The zero-order chi connectivity index (χ0) is 6.69. The van der Waals surface area contributed by atoms with Gasteiger partial charge < -0.3 is 0 Å². The van der Waals surface area contributed by atoms with Gasteiger partial charge in [0, 0.05) is 0 Å². The van der Waals surface area contributed by atoms with Crippen molar-refractivity contribution < 1.29 is 5.11 Å². The summed E-state index contributed by atoms with van der Waals surface area (Å²) < 4.78 is 0. The normalized spacial score (nSPS) is 13.0. The third kappa shape index (κ3) is 1.11. The van der Waals surface area contributed by atoms with Gasteiger partial charge >= 0.3 is 0 Å². The van der Waals surface area contributed by atoms with Crippen molar-refractivity contribution in [3.05, 3.63) is 18.5 Å². The van der Waals surface area contributed by atoms with E-state index in [0.29, 0.717) is 0 Å². The Morgan fingerprint density at radius 2 is 2.56 bits per heavy atom. The van der Waals surface area contributed by atoms with E-state index in [4.69, 9.17) is 0 Å². The number of tetrazole rings is 1. The molecular formula is C4H5N4O. The number of hydrogen-bond donors (Lipinski definition) is 1. The van der Waals surface area contributed by atoms with Crippen molar-refractivity contribution in [1.29, 1.82) is 0 Å². The van der Waals surface area contributed by atoms with Gasteiger partial charge in [0.15, 0.2) is 11.9 Å². The molecule has 0 saturated carbocycles. The minimum Gasteiger partial charge on any atom is -0.240 e. The Labute approximate surface area is 51.4 Å². The molecule has 5 nitrogen and oxygen atoms in total. The second-order valence-electron chi connectivity index (χ2n) is 1.44. The van der Waals surface area contributed by atoms with Gasteiger partial charge in [-0.2, -0.15) is 0 Å². The zero-order valence-corrected chi connectivity index (χ0v) is 4.61. The summed E-state index contributed by atoms with van der Waals surface area (Å²) in [7, 11) is 0. The molecule has 0 spiro atoms. The van der Waals surface area contributed by atoms with Crippen LogP contribution in [-0.2, 0) is 5.11 Å². The van der Waals surface area contributed by atoms with Gasteiger partial charge in [-0.1, -0.05) is 12.7 Å². The third-order valence-electron chi connectivity index (χ3n) is 0.845. The molecule has 1 atom stereocenters. The zero-order valence-electron chi connectivity index (χ0n) is 4.61. The maximum absolute atomic E-state index is 10.7. The highest BCUT2D eigenvalue weighted by Crippen LogP contribution is 2.04. The summed E-state index contributed by atoms with van der Waals surface area (Å²) in [6.45, 7) is 3.29. The first-order valence-corrected chi connectivity index (χ1v) is 2.36. The van der Waals surface area contributed by atoms with Crippen LogP contribution in [-0.4, -0.2) is 20.6 Å². The van der Waals surface area contributed by atoms with E-state index in [2.05, 4.69) is 27.2 Å². The quantitative estimate of drug-likeness (QED) is 0.559. The van der Waals surface area contributed by atoms with Crippen molar-refractivity contribution in [2.45, 2.75) is 6.10 Å². The molecule has 0 aliphatic carbocycles. The van der Waals surface area contributed by atoms with Crippen molar-refractivity contribution in [2.75, 3.05) is 0 Å². The summed E-state index contributed by atoms with van der Waals surface area (Å²) in [5.41, 5.74) is 0. The minimum atomic E-state index is -1.04. The molecule has 47 valence electrons. The van der Waals surface area contributed by atoms with E-state index in [-0.39, 0.29) is 5.82 Å². The molecule has 1 aromatic rings. The molecule has 1 N–H and O–H groups in total. The standard InChI is InChI=1S/C4H5N4O/c1-2-3(9)4-5-7-8-6-4/h2-3H,1H2,(H,5,6,7,8). The lowest BCUT2D eigenvalue weighted by molar-refractivity contribution is 0.124.